The van der Waals surface area contributed by atoms with E-state index in [0.717, 1.165) is 22.4 Å². The molecule has 0 saturated heterocycles. The smallest absolute Gasteiger partial charge is 0.225 e. The summed E-state index contributed by atoms with van der Waals surface area (Å²) in [6.45, 7) is 0. The standard InChI is InChI=1S/C21H21N3O/c22-19(14-16-4-2-1-3-5-16)15-21(25)24-20-8-6-17(7-9-20)18-10-12-23-13-11-18/h1-13,19H,14-15,22H2,(H,24,25). The van der Waals surface area contributed by atoms with Crippen LogP contribution in [-0.2, 0) is 11.2 Å². The van der Waals surface area contributed by atoms with Crippen molar-refractivity contribution in [2.45, 2.75) is 18.9 Å². The molecule has 0 aliphatic heterocycles. The number of amides is 1. The van der Waals surface area contributed by atoms with Gasteiger partial charge in [-0.15, -0.1) is 0 Å². The van der Waals surface area contributed by atoms with Crippen LogP contribution in [0.4, 0.5) is 5.69 Å². The van der Waals surface area contributed by atoms with Gasteiger partial charge in [-0.25, -0.2) is 0 Å². The molecule has 1 unspecified atom stereocenters. The van der Waals surface area contributed by atoms with Crippen LogP contribution < -0.4 is 11.1 Å². The average Bonchev–Trinajstić information content (AvgIpc) is 2.63. The molecule has 3 aromatic rings. The number of nitrogens with one attached hydrogen (secondary N) is 1. The van der Waals surface area contributed by atoms with E-state index in [0.29, 0.717) is 12.8 Å². The molecule has 1 amide bonds. The summed E-state index contributed by atoms with van der Waals surface area (Å²) in [5.41, 5.74) is 10.2. The highest BCUT2D eigenvalue weighted by molar-refractivity contribution is 5.91. The number of rotatable bonds is 6. The maximum atomic E-state index is 12.2. The third kappa shape index (κ3) is 4.99. The van der Waals surface area contributed by atoms with E-state index < -0.39 is 0 Å². The van der Waals surface area contributed by atoms with Gasteiger partial charge in [0.05, 0.1) is 0 Å². The number of carbonyl (C=O) groups excluding carboxylic acids is 1. The topological polar surface area (TPSA) is 68.0 Å². The van der Waals surface area contributed by atoms with E-state index in [4.69, 9.17) is 5.73 Å². The number of pyridine rings is 1. The van der Waals surface area contributed by atoms with Crippen molar-refractivity contribution in [3.63, 3.8) is 0 Å². The minimum atomic E-state index is -0.196. The molecule has 0 fully saturated rings. The van der Waals surface area contributed by atoms with Crippen LogP contribution in [0, 0.1) is 0 Å². The summed E-state index contributed by atoms with van der Waals surface area (Å²) < 4.78 is 0. The largest absolute Gasteiger partial charge is 0.327 e. The van der Waals surface area contributed by atoms with Crippen LogP contribution in [0.3, 0.4) is 0 Å². The molecule has 4 nitrogen and oxygen atoms in total. The van der Waals surface area contributed by atoms with Crippen molar-refractivity contribution in [1.29, 1.82) is 0 Å². The Morgan fingerprint density at radius 2 is 1.56 bits per heavy atom. The SMILES string of the molecule is NC(CC(=O)Nc1ccc(-c2ccncc2)cc1)Cc1ccccc1. The number of hydrogen-bond acceptors (Lipinski definition) is 3. The first-order chi connectivity index (χ1) is 12.2. The van der Waals surface area contributed by atoms with Gasteiger partial charge in [-0.3, -0.25) is 9.78 Å². The highest BCUT2D eigenvalue weighted by Gasteiger charge is 2.10. The Balaban J connectivity index is 1.54. The van der Waals surface area contributed by atoms with Gasteiger partial charge in [0.15, 0.2) is 0 Å². The summed E-state index contributed by atoms with van der Waals surface area (Å²) in [5, 5.41) is 2.91. The molecule has 1 heterocycles. The maximum absolute atomic E-state index is 12.2. The van der Waals surface area contributed by atoms with E-state index in [9.17, 15) is 4.79 Å². The zero-order chi connectivity index (χ0) is 17.5. The predicted molar refractivity (Wildman–Crippen MR) is 101 cm³/mol. The maximum Gasteiger partial charge on any atom is 0.225 e. The van der Waals surface area contributed by atoms with Gasteiger partial charge in [-0.2, -0.15) is 0 Å². The van der Waals surface area contributed by atoms with Crippen LogP contribution in [0.15, 0.2) is 79.1 Å². The molecular formula is C21H21N3O. The molecule has 0 radical (unpaired) electrons. The summed E-state index contributed by atoms with van der Waals surface area (Å²) in [5.74, 6) is -0.0694. The Kier molecular flexibility index (Phi) is 5.54. The van der Waals surface area contributed by atoms with Gasteiger partial charge in [0.1, 0.15) is 0 Å². The molecule has 2 aromatic carbocycles. The fraction of sp³-hybridized carbons (Fsp3) is 0.143. The summed E-state index contributed by atoms with van der Waals surface area (Å²) in [6.07, 6.45) is 4.51. The average molecular weight is 331 g/mol. The van der Waals surface area contributed by atoms with Gasteiger partial charge in [-0.05, 0) is 47.4 Å². The molecule has 3 N–H and O–H groups in total. The van der Waals surface area contributed by atoms with Gasteiger partial charge in [0.25, 0.3) is 0 Å². The van der Waals surface area contributed by atoms with Crippen molar-refractivity contribution in [1.82, 2.24) is 4.98 Å². The van der Waals surface area contributed by atoms with Gasteiger partial charge < -0.3 is 11.1 Å². The number of nitrogens with two attached hydrogens (primary N) is 1. The minimum Gasteiger partial charge on any atom is -0.327 e. The fourth-order valence-electron chi connectivity index (χ4n) is 2.73. The predicted octanol–water partition coefficient (Wildman–Crippen LogP) is 3.65. The fourth-order valence-corrected chi connectivity index (χ4v) is 2.73. The van der Waals surface area contributed by atoms with Crippen molar-refractivity contribution >= 4 is 11.6 Å². The molecule has 25 heavy (non-hydrogen) atoms. The van der Waals surface area contributed by atoms with Crippen molar-refractivity contribution in [2.75, 3.05) is 5.32 Å². The lowest BCUT2D eigenvalue weighted by Crippen LogP contribution is -2.29. The van der Waals surface area contributed by atoms with Crippen molar-refractivity contribution in [2.24, 2.45) is 5.73 Å². The Hall–Kier alpha value is -2.98. The zero-order valence-electron chi connectivity index (χ0n) is 13.9. The number of benzene rings is 2. The van der Waals surface area contributed by atoms with Crippen molar-refractivity contribution in [3.05, 3.63) is 84.7 Å². The summed E-state index contributed by atoms with van der Waals surface area (Å²) in [6, 6.07) is 21.4. The first kappa shape index (κ1) is 16.9. The van der Waals surface area contributed by atoms with Crippen molar-refractivity contribution < 1.29 is 4.79 Å². The first-order valence-electron chi connectivity index (χ1n) is 8.30. The second-order valence-corrected chi connectivity index (χ2v) is 6.02. The van der Waals surface area contributed by atoms with E-state index in [1.807, 2.05) is 66.7 Å². The summed E-state index contributed by atoms with van der Waals surface area (Å²) in [7, 11) is 0. The molecular weight excluding hydrogens is 310 g/mol. The second-order valence-electron chi connectivity index (χ2n) is 6.02. The molecule has 3 rings (SSSR count). The van der Waals surface area contributed by atoms with Gasteiger partial charge in [0.2, 0.25) is 5.91 Å². The second kappa shape index (κ2) is 8.22. The number of anilines is 1. The third-order valence-corrected chi connectivity index (χ3v) is 3.97. The van der Waals surface area contributed by atoms with E-state index in [1.54, 1.807) is 12.4 Å². The summed E-state index contributed by atoms with van der Waals surface area (Å²) >= 11 is 0. The first-order valence-corrected chi connectivity index (χ1v) is 8.30. The van der Waals surface area contributed by atoms with E-state index in [1.165, 1.54) is 0 Å². The van der Waals surface area contributed by atoms with Crippen LogP contribution >= 0.6 is 0 Å². The molecule has 1 atom stereocenters. The number of nitrogens with zero attached hydrogens (tertiary/aromatic N) is 1. The zero-order valence-corrected chi connectivity index (χ0v) is 13.9. The highest BCUT2D eigenvalue weighted by Crippen LogP contribution is 2.20. The molecule has 0 bridgehead atoms. The van der Waals surface area contributed by atoms with Crippen LogP contribution in [0.5, 0.6) is 0 Å². The number of aromatic nitrogens is 1. The third-order valence-electron chi connectivity index (χ3n) is 3.97. The van der Waals surface area contributed by atoms with Crippen LogP contribution in [0.2, 0.25) is 0 Å². The van der Waals surface area contributed by atoms with E-state index in [2.05, 4.69) is 10.3 Å². The number of hydrogen-bond donors (Lipinski definition) is 2. The molecule has 0 spiro atoms. The Bertz CT molecular complexity index is 802. The number of carbonyl (C=O) groups is 1. The monoisotopic (exact) mass is 331 g/mol. The normalized spacial score (nSPS) is 11.7. The summed E-state index contributed by atoms with van der Waals surface area (Å²) in [4.78, 5) is 16.2. The Morgan fingerprint density at radius 1 is 0.920 bits per heavy atom. The van der Waals surface area contributed by atoms with E-state index >= 15 is 0 Å². The lowest BCUT2D eigenvalue weighted by molar-refractivity contribution is -0.116. The van der Waals surface area contributed by atoms with Crippen LogP contribution in [0.1, 0.15) is 12.0 Å². The quantitative estimate of drug-likeness (QED) is 0.724. The lowest BCUT2D eigenvalue weighted by Gasteiger charge is -2.12. The van der Waals surface area contributed by atoms with Crippen LogP contribution in [0.25, 0.3) is 11.1 Å². The van der Waals surface area contributed by atoms with E-state index in [-0.39, 0.29) is 11.9 Å². The van der Waals surface area contributed by atoms with Gasteiger partial charge in [-0.1, -0.05) is 42.5 Å². The molecule has 0 aliphatic carbocycles. The molecule has 0 aliphatic rings. The lowest BCUT2D eigenvalue weighted by atomic mass is 10.0. The molecule has 1 aromatic heterocycles. The Labute approximate surface area is 147 Å². The van der Waals surface area contributed by atoms with Crippen molar-refractivity contribution in [3.8, 4) is 11.1 Å². The minimum absolute atomic E-state index is 0.0694. The van der Waals surface area contributed by atoms with Gasteiger partial charge >= 0.3 is 0 Å². The molecule has 4 heteroatoms. The molecule has 126 valence electrons. The molecule has 0 saturated carbocycles. The van der Waals surface area contributed by atoms with Gasteiger partial charge in [0, 0.05) is 30.5 Å². The Morgan fingerprint density at radius 3 is 2.24 bits per heavy atom. The highest BCUT2D eigenvalue weighted by atomic mass is 16.1. The van der Waals surface area contributed by atoms with Crippen LogP contribution in [-0.4, -0.2) is 16.9 Å².